The second kappa shape index (κ2) is 7.08. The Morgan fingerprint density at radius 2 is 2.22 bits per heavy atom. The number of nitrogens with two attached hydrogens (primary N) is 1. The molecule has 0 aliphatic rings. The van der Waals surface area contributed by atoms with Crippen molar-refractivity contribution in [2.75, 3.05) is 13.2 Å². The zero-order chi connectivity index (χ0) is 13.5. The highest BCUT2D eigenvalue weighted by Gasteiger charge is 2.06. The molecular formula is C13H19FN2O2. The second-order valence-corrected chi connectivity index (χ2v) is 4.33. The van der Waals surface area contributed by atoms with E-state index in [2.05, 4.69) is 5.32 Å². The highest BCUT2D eigenvalue weighted by molar-refractivity contribution is 5.92. The van der Waals surface area contributed by atoms with Crippen molar-refractivity contribution in [1.29, 1.82) is 0 Å². The minimum Gasteiger partial charge on any atom is -0.375 e. The van der Waals surface area contributed by atoms with Crippen molar-refractivity contribution in [3.63, 3.8) is 0 Å². The summed E-state index contributed by atoms with van der Waals surface area (Å²) in [5.74, 6) is -1.11. The predicted molar refractivity (Wildman–Crippen MR) is 67.7 cm³/mol. The van der Waals surface area contributed by atoms with Crippen LogP contribution in [0.3, 0.4) is 0 Å². The van der Waals surface area contributed by atoms with Gasteiger partial charge in [0.05, 0.1) is 13.2 Å². The Balaban J connectivity index is 2.41. The maximum absolute atomic E-state index is 13.5. The van der Waals surface area contributed by atoms with Crippen LogP contribution in [0.4, 0.5) is 4.39 Å². The summed E-state index contributed by atoms with van der Waals surface area (Å²) in [6.45, 7) is 5.50. The molecule has 18 heavy (non-hydrogen) atoms. The summed E-state index contributed by atoms with van der Waals surface area (Å²) >= 11 is 0. The lowest BCUT2D eigenvalue weighted by Gasteiger charge is -2.09. The largest absolute Gasteiger partial charge is 0.375 e. The average molecular weight is 254 g/mol. The van der Waals surface area contributed by atoms with E-state index >= 15 is 0 Å². The molecule has 0 radical (unpaired) electrons. The third kappa shape index (κ3) is 4.81. The molecule has 0 spiro atoms. The number of halogens is 1. The Morgan fingerprint density at radius 1 is 1.50 bits per heavy atom. The topological polar surface area (TPSA) is 64.3 Å². The van der Waals surface area contributed by atoms with Crippen molar-refractivity contribution in [3.05, 3.63) is 35.1 Å². The van der Waals surface area contributed by atoms with Crippen molar-refractivity contribution in [1.82, 2.24) is 5.32 Å². The van der Waals surface area contributed by atoms with Gasteiger partial charge < -0.3 is 15.8 Å². The number of carbonyl (C=O) groups is 1. The van der Waals surface area contributed by atoms with Gasteiger partial charge in [0.2, 0.25) is 5.91 Å². The van der Waals surface area contributed by atoms with Crippen molar-refractivity contribution >= 4 is 5.91 Å². The minimum absolute atomic E-state index is 0.165. The molecule has 0 atom stereocenters. The van der Waals surface area contributed by atoms with Gasteiger partial charge in [0.15, 0.2) is 0 Å². The van der Waals surface area contributed by atoms with E-state index < -0.39 is 11.7 Å². The van der Waals surface area contributed by atoms with Gasteiger partial charge in [-0.25, -0.2) is 4.39 Å². The van der Waals surface area contributed by atoms with E-state index in [1.165, 1.54) is 12.1 Å². The first-order chi connectivity index (χ1) is 8.50. The number of amides is 1. The quantitative estimate of drug-likeness (QED) is 0.724. The molecule has 1 amide bonds. The molecule has 1 aromatic rings. The number of carbonyl (C=O) groups excluding carboxylic acids is 1. The molecule has 0 aliphatic heterocycles. The number of rotatable bonds is 7. The zero-order valence-corrected chi connectivity index (χ0v) is 10.7. The number of benzene rings is 1. The second-order valence-electron chi connectivity index (χ2n) is 4.33. The van der Waals surface area contributed by atoms with Gasteiger partial charge in [-0.3, -0.25) is 4.79 Å². The molecule has 0 bridgehead atoms. The number of hydrogen-bond donors (Lipinski definition) is 2. The molecule has 0 aromatic heterocycles. The number of primary amides is 1. The van der Waals surface area contributed by atoms with Gasteiger partial charge >= 0.3 is 0 Å². The lowest BCUT2D eigenvalue weighted by Crippen LogP contribution is -2.26. The molecule has 1 rings (SSSR count). The molecule has 0 saturated heterocycles. The lowest BCUT2D eigenvalue weighted by atomic mass is 10.1. The molecular weight excluding hydrogens is 235 g/mol. The maximum atomic E-state index is 13.5. The highest BCUT2D eigenvalue weighted by Crippen LogP contribution is 2.11. The molecule has 1 aromatic carbocycles. The summed E-state index contributed by atoms with van der Waals surface area (Å²) in [4.78, 5) is 10.8. The van der Waals surface area contributed by atoms with Crippen molar-refractivity contribution < 1.29 is 13.9 Å². The van der Waals surface area contributed by atoms with Gasteiger partial charge in [-0.1, -0.05) is 19.9 Å². The van der Waals surface area contributed by atoms with Gasteiger partial charge in [0.1, 0.15) is 5.82 Å². The van der Waals surface area contributed by atoms with Gasteiger partial charge in [-0.2, -0.15) is 0 Å². The summed E-state index contributed by atoms with van der Waals surface area (Å²) in [5.41, 5.74) is 5.64. The van der Waals surface area contributed by atoms with Crippen molar-refractivity contribution in [2.45, 2.75) is 26.5 Å². The van der Waals surface area contributed by atoms with Crippen LogP contribution in [0.25, 0.3) is 0 Å². The van der Waals surface area contributed by atoms with Crippen molar-refractivity contribution in [2.24, 2.45) is 5.73 Å². The minimum atomic E-state index is -0.637. The van der Waals surface area contributed by atoms with Crippen molar-refractivity contribution in [3.8, 4) is 0 Å². The monoisotopic (exact) mass is 254 g/mol. The van der Waals surface area contributed by atoms with Crippen LogP contribution < -0.4 is 11.1 Å². The van der Waals surface area contributed by atoms with Crippen LogP contribution in [0.5, 0.6) is 0 Å². The fourth-order valence-corrected chi connectivity index (χ4v) is 1.42. The SMILES string of the molecule is CC(C)NCCOCc1ccc(C(N)=O)cc1F. The number of ether oxygens (including phenoxy) is 1. The Kier molecular flexibility index (Phi) is 5.74. The van der Waals surface area contributed by atoms with Gasteiger partial charge in [-0.05, 0) is 12.1 Å². The Morgan fingerprint density at radius 3 is 2.78 bits per heavy atom. The van der Waals surface area contributed by atoms with E-state index in [1.807, 2.05) is 13.8 Å². The van der Waals surface area contributed by atoms with E-state index in [0.717, 1.165) is 12.6 Å². The Bertz CT molecular complexity index is 408. The molecule has 0 aliphatic carbocycles. The Hall–Kier alpha value is -1.46. The molecule has 0 heterocycles. The lowest BCUT2D eigenvalue weighted by molar-refractivity contribution is 0.0999. The van der Waals surface area contributed by atoms with Gasteiger partial charge in [0, 0.05) is 23.7 Å². The first-order valence-electron chi connectivity index (χ1n) is 5.90. The molecule has 5 heteroatoms. The summed E-state index contributed by atoms with van der Waals surface area (Å²) in [7, 11) is 0. The molecule has 0 saturated carbocycles. The molecule has 3 N–H and O–H groups in total. The van der Waals surface area contributed by atoms with E-state index in [4.69, 9.17) is 10.5 Å². The predicted octanol–water partition coefficient (Wildman–Crippen LogP) is 1.44. The summed E-state index contributed by atoms with van der Waals surface area (Å²) in [6, 6.07) is 4.55. The highest BCUT2D eigenvalue weighted by atomic mass is 19.1. The maximum Gasteiger partial charge on any atom is 0.248 e. The molecule has 0 fully saturated rings. The first-order valence-corrected chi connectivity index (χ1v) is 5.90. The van der Waals surface area contributed by atoms with E-state index in [0.29, 0.717) is 18.2 Å². The summed E-state index contributed by atoms with van der Waals surface area (Å²) in [6.07, 6.45) is 0. The average Bonchev–Trinajstić information content (AvgIpc) is 2.29. The normalized spacial score (nSPS) is 10.9. The summed E-state index contributed by atoms with van der Waals surface area (Å²) < 4.78 is 18.9. The van der Waals surface area contributed by atoms with E-state index in [-0.39, 0.29) is 12.2 Å². The number of hydrogen-bond acceptors (Lipinski definition) is 3. The van der Waals surface area contributed by atoms with Gasteiger partial charge in [0.25, 0.3) is 0 Å². The van der Waals surface area contributed by atoms with Gasteiger partial charge in [-0.15, -0.1) is 0 Å². The van der Waals surface area contributed by atoms with Crippen LogP contribution in [0, 0.1) is 5.82 Å². The third-order valence-corrected chi connectivity index (χ3v) is 2.39. The fourth-order valence-electron chi connectivity index (χ4n) is 1.42. The van der Waals surface area contributed by atoms with Crippen LogP contribution in [0.15, 0.2) is 18.2 Å². The first kappa shape index (κ1) is 14.6. The smallest absolute Gasteiger partial charge is 0.248 e. The molecule has 0 unspecified atom stereocenters. The van der Waals surface area contributed by atoms with Crippen LogP contribution >= 0.6 is 0 Å². The standard InChI is InChI=1S/C13H19FN2O2/c1-9(2)16-5-6-18-8-11-4-3-10(13(15)17)7-12(11)14/h3-4,7,9,16H,5-6,8H2,1-2H3,(H2,15,17). The zero-order valence-electron chi connectivity index (χ0n) is 10.7. The van der Waals surface area contributed by atoms with Crippen LogP contribution in [0.2, 0.25) is 0 Å². The fraction of sp³-hybridized carbons (Fsp3) is 0.462. The van der Waals surface area contributed by atoms with Crippen LogP contribution in [-0.2, 0) is 11.3 Å². The Labute approximate surface area is 106 Å². The third-order valence-electron chi connectivity index (χ3n) is 2.39. The van der Waals surface area contributed by atoms with E-state index in [9.17, 15) is 9.18 Å². The van der Waals surface area contributed by atoms with E-state index in [1.54, 1.807) is 0 Å². The van der Waals surface area contributed by atoms with Crippen LogP contribution in [-0.4, -0.2) is 25.1 Å². The number of nitrogens with one attached hydrogen (secondary N) is 1. The van der Waals surface area contributed by atoms with Crippen LogP contribution in [0.1, 0.15) is 29.8 Å². The summed E-state index contributed by atoms with van der Waals surface area (Å²) in [5, 5.41) is 3.19. The molecule has 4 nitrogen and oxygen atoms in total. The molecule has 100 valence electrons.